The zero-order valence-electron chi connectivity index (χ0n) is 19.9. The van der Waals surface area contributed by atoms with Crippen LogP contribution in [0.1, 0.15) is 29.7 Å². The van der Waals surface area contributed by atoms with Crippen molar-refractivity contribution in [3.63, 3.8) is 0 Å². The van der Waals surface area contributed by atoms with Crippen LogP contribution in [0.15, 0.2) is 42.6 Å². The molecule has 1 saturated heterocycles. The molecular formula is C28H29N5O2. The number of hydrogen-bond acceptors (Lipinski definition) is 6. The Morgan fingerprint density at radius 2 is 2.14 bits per heavy atom. The van der Waals surface area contributed by atoms with E-state index in [9.17, 15) is 5.11 Å². The van der Waals surface area contributed by atoms with Gasteiger partial charge in [-0.25, -0.2) is 4.98 Å². The van der Waals surface area contributed by atoms with E-state index in [2.05, 4.69) is 45.4 Å². The molecule has 7 rings (SSSR count). The number of likely N-dealkylation sites (tertiary alicyclic amines) is 1. The molecule has 1 saturated carbocycles. The zero-order valence-corrected chi connectivity index (χ0v) is 19.9. The molecule has 1 aromatic carbocycles. The van der Waals surface area contributed by atoms with Crippen molar-refractivity contribution in [3.8, 4) is 28.3 Å². The molecule has 3 aromatic heterocycles. The van der Waals surface area contributed by atoms with E-state index in [1.807, 2.05) is 12.3 Å². The average Bonchev–Trinajstić information content (AvgIpc) is 3.26. The standard InChI is InChI=1S/C28H29N5O2/c1-35-23-12-22-27(30-26(23)21-7-3-5-17-4-2-6-20(17)21)25(32-31-22)18-8-9-24(29-14-18)28-13-19(28)15-33(16-28)10-11-34/h3,5,7-9,12,14,19,34H,2,4,6,10-11,13,15-16H2,1H3,(H,31,32)/t19?,28-/m1/s1. The summed E-state index contributed by atoms with van der Waals surface area (Å²) in [5, 5.41) is 17.1. The van der Waals surface area contributed by atoms with Crippen molar-refractivity contribution in [2.24, 2.45) is 5.92 Å². The fraction of sp³-hybridized carbons (Fsp3) is 0.393. The topological polar surface area (TPSA) is 87.2 Å². The third kappa shape index (κ3) is 3.22. The molecule has 35 heavy (non-hydrogen) atoms. The van der Waals surface area contributed by atoms with Crippen molar-refractivity contribution >= 4 is 11.0 Å². The monoisotopic (exact) mass is 467 g/mol. The van der Waals surface area contributed by atoms with Gasteiger partial charge in [0.15, 0.2) is 0 Å². The molecule has 0 radical (unpaired) electrons. The fourth-order valence-corrected chi connectivity index (χ4v) is 6.45. The van der Waals surface area contributed by atoms with E-state index in [0.29, 0.717) is 5.92 Å². The van der Waals surface area contributed by atoms with Crippen molar-refractivity contribution in [2.75, 3.05) is 33.4 Å². The van der Waals surface area contributed by atoms with Crippen LogP contribution in [0.2, 0.25) is 0 Å². The number of pyridine rings is 2. The molecule has 4 heterocycles. The van der Waals surface area contributed by atoms with Crippen molar-refractivity contribution < 1.29 is 9.84 Å². The average molecular weight is 468 g/mol. The van der Waals surface area contributed by atoms with E-state index in [1.54, 1.807) is 7.11 Å². The Kier molecular flexibility index (Phi) is 4.73. The van der Waals surface area contributed by atoms with E-state index >= 15 is 0 Å². The zero-order chi connectivity index (χ0) is 23.6. The predicted octanol–water partition coefficient (Wildman–Crippen LogP) is 3.75. The van der Waals surface area contributed by atoms with Gasteiger partial charge in [-0.1, -0.05) is 18.2 Å². The molecular weight excluding hydrogens is 438 g/mol. The highest BCUT2D eigenvalue weighted by Gasteiger charge is 2.61. The van der Waals surface area contributed by atoms with E-state index in [-0.39, 0.29) is 12.0 Å². The maximum absolute atomic E-state index is 9.30. The summed E-state index contributed by atoms with van der Waals surface area (Å²) in [6.07, 6.45) is 6.53. The number of rotatable bonds is 6. The minimum Gasteiger partial charge on any atom is -0.494 e. The summed E-state index contributed by atoms with van der Waals surface area (Å²) in [6, 6.07) is 12.8. The van der Waals surface area contributed by atoms with Gasteiger partial charge >= 0.3 is 0 Å². The van der Waals surface area contributed by atoms with Crippen LogP contribution < -0.4 is 4.74 Å². The number of benzene rings is 1. The van der Waals surface area contributed by atoms with Crippen LogP contribution in [0, 0.1) is 5.92 Å². The van der Waals surface area contributed by atoms with Crippen molar-refractivity contribution in [3.05, 3.63) is 59.4 Å². The summed E-state index contributed by atoms with van der Waals surface area (Å²) >= 11 is 0. The predicted molar refractivity (Wildman–Crippen MR) is 134 cm³/mol. The number of nitrogens with one attached hydrogen (secondary N) is 1. The molecule has 7 heteroatoms. The number of aromatic nitrogens is 4. The van der Waals surface area contributed by atoms with Crippen LogP contribution in [-0.4, -0.2) is 63.5 Å². The molecule has 7 nitrogen and oxygen atoms in total. The number of hydrogen-bond donors (Lipinski definition) is 2. The number of H-pyrrole nitrogens is 1. The first-order chi connectivity index (χ1) is 17.2. The van der Waals surface area contributed by atoms with E-state index in [0.717, 1.165) is 77.5 Å². The van der Waals surface area contributed by atoms with Crippen LogP contribution in [0.25, 0.3) is 33.5 Å². The maximum Gasteiger partial charge on any atom is 0.147 e. The fourth-order valence-electron chi connectivity index (χ4n) is 6.45. The van der Waals surface area contributed by atoms with Crippen LogP contribution in [0.5, 0.6) is 5.75 Å². The van der Waals surface area contributed by atoms with E-state index in [1.165, 1.54) is 24.0 Å². The first kappa shape index (κ1) is 21.0. The first-order valence-electron chi connectivity index (χ1n) is 12.5. The highest BCUT2D eigenvalue weighted by molar-refractivity contribution is 5.93. The Morgan fingerprint density at radius 3 is 2.97 bits per heavy atom. The highest BCUT2D eigenvalue weighted by atomic mass is 16.5. The molecule has 1 unspecified atom stereocenters. The van der Waals surface area contributed by atoms with Gasteiger partial charge in [-0.3, -0.25) is 15.0 Å². The molecule has 4 aromatic rings. The van der Waals surface area contributed by atoms with Crippen LogP contribution >= 0.6 is 0 Å². The second kappa shape index (κ2) is 7.86. The molecule has 0 bridgehead atoms. The minimum atomic E-state index is 0.161. The minimum absolute atomic E-state index is 0.161. The number of methoxy groups -OCH3 is 1. The molecule has 0 spiro atoms. The number of aromatic amines is 1. The number of nitrogens with zero attached hydrogens (tertiary/aromatic N) is 4. The Bertz CT molecular complexity index is 1430. The van der Waals surface area contributed by atoms with Crippen molar-refractivity contribution in [2.45, 2.75) is 31.1 Å². The second-order valence-electron chi connectivity index (χ2n) is 10.3. The highest BCUT2D eigenvalue weighted by Crippen LogP contribution is 2.58. The third-order valence-electron chi connectivity index (χ3n) is 8.30. The van der Waals surface area contributed by atoms with Gasteiger partial charge in [0.1, 0.15) is 22.7 Å². The molecule has 0 amide bonds. The van der Waals surface area contributed by atoms with Crippen LogP contribution in [-0.2, 0) is 18.3 Å². The molecule has 2 fully saturated rings. The summed E-state index contributed by atoms with van der Waals surface area (Å²) in [5.74, 6) is 1.41. The Labute approximate surface area is 204 Å². The quantitative estimate of drug-likeness (QED) is 0.449. The van der Waals surface area contributed by atoms with Gasteiger partial charge in [0.05, 0.1) is 19.2 Å². The summed E-state index contributed by atoms with van der Waals surface area (Å²) in [6.45, 7) is 3.01. The van der Waals surface area contributed by atoms with E-state index in [4.69, 9.17) is 14.7 Å². The van der Waals surface area contributed by atoms with Gasteiger partial charge in [-0.05, 0) is 54.9 Å². The number of ether oxygens (including phenoxy) is 1. The number of β-amino-alcohol motifs (C(OH)–C–C–N with tert-alkyl or cyclic N) is 1. The molecule has 2 atom stereocenters. The normalized spacial score (nSPS) is 23.0. The summed E-state index contributed by atoms with van der Waals surface area (Å²) in [7, 11) is 1.70. The lowest BCUT2D eigenvalue weighted by atomic mass is 9.99. The van der Waals surface area contributed by atoms with Crippen LogP contribution in [0.3, 0.4) is 0 Å². The van der Waals surface area contributed by atoms with Gasteiger partial charge in [-0.2, -0.15) is 5.10 Å². The lowest BCUT2D eigenvalue weighted by Gasteiger charge is -2.19. The first-order valence-corrected chi connectivity index (χ1v) is 12.5. The van der Waals surface area contributed by atoms with Gasteiger partial charge in [-0.15, -0.1) is 0 Å². The van der Waals surface area contributed by atoms with Gasteiger partial charge < -0.3 is 9.84 Å². The summed E-state index contributed by atoms with van der Waals surface area (Å²) in [4.78, 5) is 12.4. The lowest BCUT2D eigenvalue weighted by Crippen LogP contribution is -2.29. The van der Waals surface area contributed by atoms with Gasteiger partial charge in [0.2, 0.25) is 0 Å². The lowest BCUT2D eigenvalue weighted by molar-refractivity contribution is 0.207. The Morgan fingerprint density at radius 1 is 1.20 bits per heavy atom. The Hall–Kier alpha value is -3.29. The largest absolute Gasteiger partial charge is 0.494 e. The summed E-state index contributed by atoms with van der Waals surface area (Å²) in [5.41, 5.74) is 9.62. The van der Waals surface area contributed by atoms with Gasteiger partial charge in [0, 0.05) is 54.1 Å². The van der Waals surface area contributed by atoms with Crippen molar-refractivity contribution in [1.82, 2.24) is 25.1 Å². The Balaban J connectivity index is 1.26. The molecule has 2 N–H and O–H groups in total. The second-order valence-corrected chi connectivity index (χ2v) is 10.3. The number of piperidine rings is 1. The molecule has 3 aliphatic rings. The number of aliphatic hydroxyl groups excluding tert-OH is 1. The number of aryl methyl sites for hydroxylation is 1. The molecule has 2 aliphatic carbocycles. The maximum atomic E-state index is 9.30. The van der Waals surface area contributed by atoms with E-state index < -0.39 is 0 Å². The third-order valence-corrected chi connectivity index (χ3v) is 8.30. The van der Waals surface area contributed by atoms with Crippen LogP contribution in [0.4, 0.5) is 0 Å². The smallest absolute Gasteiger partial charge is 0.147 e. The van der Waals surface area contributed by atoms with Crippen molar-refractivity contribution in [1.29, 1.82) is 0 Å². The number of aliphatic hydroxyl groups is 1. The SMILES string of the molecule is COc1cc2[nH]nc(-c3ccc([C@@]45CC4CN(CCO)C5)nc3)c2nc1-c1cccc2c1CCC2. The molecule has 178 valence electrons. The molecule has 1 aliphatic heterocycles. The summed E-state index contributed by atoms with van der Waals surface area (Å²) < 4.78 is 5.75. The van der Waals surface area contributed by atoms with Gasteiger partial charge in [0.25, 0.3) is 0 Å². The number of fused-ring (bicyclic) bond motifs is 3.